The van der Waals surface area contributed by atoms with Crippen LogP contribution in [0.4, 0.5) is 0 Å². The zero-order valence-electron chi connectivity index (χ0n) is 18.2. The smallest absolute Gasteiger partial charge is 0.326 e. The maximum absolute atomic E-state index is 12.7. The van der Waals surface area contributed by atoms with Crippen molar-refractivity contribution in [1.82, 2.24) is 25.9 Å². The number of H-pyrrole nitrogens is 1. The van der Waals surface area contributed by atoms with E-state index < -0.39 is 84.9 Å². The number of aliphatic carboxylic acids is 2. The summed E-state index contributed by atoms with van der Waals surface area (Å²) in [4.78, 5) is 88.9. The zero-order chi connectivity index (χ0) is 26.7. The number of carboxylic acid groups (broad SMARTS) is 2. The van der Waals surface area contributed by atoms with Crippen LogP contribution in [-0.4, -0.2) is 85.8 Å². The fourth-order valence-electron chi connectivity index (χ4n) is 2.74. The van der Waals surface area contributed by atoms with Crippen LogP contribution in [0.3, 0.4) is 0 Å². The van der Waals surface area contributed by atoms with E-state index in [9.17, 15) is 33.6 Å². The molecule has 5 amide bonds. The highest BCUT2D eigenvalue weighted by atomic mass is 16.4. The average Bonchev–Trinajstić information content (AvgIpc) is 3.23. The van der Waals surface area contributed by atoms with Crippen LogP contribution >= 0.6 is 0 Å². The highest BCUT2D eigenvalue weighted by Crippen LogP contribution is 2.02. The molecule has 1 rings (SSSR count). The Bertz CT molecular complexity index is 965. The minimum Gasteiger partial charge on any atom is -0.481 e. The molecule has 1 aromatic rings. The highest BCUT2D eigenvalue weighted by molar-refractivity contribution is 5.98. The van der Waals surface area contributed by atoms with E-state index in [1.807, 2.05) is 5.32 Å². The van der Waals surface area contributed by atoms with Gasteiger partial charge in [0.05, 0.1) is 31.6 Å². The summed E-state index contributed by atoms with van der Waals surface area (Å²) in [5, 5.41) is 24.0. The Morgan fingerprint density at radius 3 is 1.71 bits per heavy atom. The van der Waals surface area contributed by atoms with Crippen molar-refractivity contribution in [2.75, 3.05) is 0 Å². The number of nitrogens with zero attached hydrogens (tertiary/aromatic N) is 1. The van der Waals surface area contributed by atoms with E-state index in [1.54, 1.807) is 0 Å². The first-order valence-corrected chi connectivity index (χ1v) is 9.95. The van der Waals surface area contributed by atoms with Gasteiger partial charge in [0.2, 0.25) is 29.5 Å². The topological polar surface area (TPSA) is 303 Å². The second kappa shape index (κ2) is 13.2. The maximum Gasteiger partial charge on any atom is 0.326 e. The second-order valence-corrected chi connectivity index (χ2v) is 7.35. The predicted molar refractivity (Wildman–Crippen MR) is 114 cm³/mol. The Kier molecular flexibility index (Phi) is 10.8. The van der Waals surface area contributed by atoms with Gasteiger partial charge in [0.1, 0.15) is 18.1 Å². The van der Waals surface area contributed by atoms with Crippen molar-refractivity contribution in [2.45, 2.75) is 49.9 Å². The van der Waals surface area contributed by atoms with Crippen molar-refractivity contribution in [3.05, 3.63) is 18.2 Å². The van der Waals surface area contributed by atoms with Crippen LogP contribution in [0.1, 0.15) is 25.0 Å². The van der Waals surface area contributed by atoms with E-state index in [0.29, 0.717) is 5.69 Å². The van der Waals surface area contributed by atoms with Crippen LogP contribution in [0.5, 0.6) is 0 Å². The summed E-state index contributed by atoms with van der Waals surface area (Å²) >= 11 is 0. The first-order valence-electron chi connectivity index (χ1n) is 9.95. The van der Waals surface area contributed by atoms with Crippen LogP contribution in [0, 0.1) is 0 Å². The van der Waals surface area contributed by atoms with E-state index in [0.717, 1.165) is 0 Å². The van der Waals surface area contributed by atoms with E-state index in [4.69, 9.17) is 27.4 Å². The number of nitrogens with two attached hydrogens (primary N) is 3. The summed E-state index contributed by atoms with van der Waals surface area (Å²) < 4.78 is 0. The quantitative estimate of drug-likeness (QED) is 0.110. The number of imidazole rings is 1. The van der Waals surface area contributed by atoms with Crippen LogP contribution in [-0.2, 0) is 40.0 Å². The summed E-state index contributed by atoms with van der Waals surface area (Å²) in [7, 11) is 0. The molecule has 0 fully saturated rings. The first-order chi connectivity index (χ1) is 16.3. The molecule has 17 nitrogen and oxygen atoms in total. The van der Waals surface area contributed by atoms with Gasteiger partial charge in [-0.05, 0) is 0 Å². The molecule has 35 heavy (non-hydrogen) atoms. The van der Waals surface area contributed by atoms with E-state index in [2.05, 4.69) is 20.6 Å². The van der Waals surface area contributed by atoms with Gasteiger partial charge in [-0.3, -0.25) is 28.8 Å². The van der Waals surface area contributed by atoms with Crippen LogP contribution in [0.25, 0.3) is 0 Å². The van der Waals surface area contributed by atoms with Crippen LogP contribution in [0.2, 0.25) is 0 Å². The van der Waals surface area contributed by atoms with Gasteiger partial charge >= 0.3 is 11.9 Å². The fourth-order valence-corrected chi connectivity index (χ4v) is 2.74. The van der Waals surface area contributed by atoms with Gasteiger partial charge in [0.25, 0.3) is 0 Å². The number of carbonyl (C=O) groups is 7. The number of primary amides is 2. The molecule has 0 bridgehead atoms. The van der Waals surface area contributed by atoms with Gasteiger partial charge in [0, 0.05) is 18.3 Å². The Balaban J connectivity index is 2.97. The molecule has 0 aliphatic rings. The molecule has 1 aromatic heterocycles. The lowest BCUT2D eigenvalue weighted by molar-refractivity contribution is -0.147. The van der Waals surface area contributed by atoms with Gasteiger partial charge < -0.3 is 48.3 Å². The number of aromatic nitrogens is 2. The molecule has 0 saturated carbocycles. The normalized spacial score (nSPS) is 14.0. The molecule has 0 aromatic carbocycles. The van der Waals surface area contributed by atoms with Crippen molar-refractivity contribution in [3.63, 3.8) is 0 Å². The Hall–Kier alpha value is -4.54. The molecule has 12 N–H and O–H groups in total. The SMILES string of the molecule is NC(=O)CC(NC(=O)C(N)Cc1cnc[nH]1)C(=O)NC(CC(N)=O)C(=O)NC(CC(=O)O)C(=O)O. The summed E-state index contributed by atoms with van der Waals surface area (Å²) in [6, 6.07) is -6.43. The highest BCUT2D eigenvalue weighted by Gasteiger charge is 2.32. The summed E-state index contributed by atoms with van der Waals surface area (Å²) in [5.41, 5.74) is 16.5. The molecule has 0 spiro atoms. The maximum atomic E-state index is 12.7. The number of carboxylic acids is 2. The summed E-state index contributed by atoms with van der Waals surface area (Å²) in [6.07, 6.45) is 0.265. The number of amides is 5. The van der Waals surface area contributed by atoms with Gasteiger partial charge in [-0.25, -0.2) is 9.78 Å². The number of rotatable bonds is 15. The van der Waals surface area contributed by atoms with Crippen molar-refractivity contribution in [1.29, 1.82) is 0 Å². The number of carbonyl (C=O) groups excluding carboxylic acids is 5. The number of aromatic amines is 1. The van der Waals surface area contributed by atoms with Gasteiger partial charge in [0.15, 0.2) is 0 Å². The van der Waals surface area contributed by atoms with E-state index in [-0.39, 0.29) is 6.42 Å². The molecule has 17 heteroatoms. The Morgan fingerprint density at radius 2 is 1.31 bits per heavy atom. The fraction of sp³-hybridized carbons (Fsp3) is 0.444. The molecule has 4 atom stereocenters. The lowest BCUT2D eigenvalue weighted by atomic mass is 10.1. The van der Waals surface area contributed by atoms with Gasteiger partial charge in [-0.15, -0.1) is 0 Å². The largest absolute Gasteiger partial charge is 0.481 e. The van der Waals surface area contributed by atoms with E-state index in [1.165, 1.54) is 12.5 Å². The molecule has 4 unspecified atom stereocenters. The molecule has 0 radical (unpaired) electrons. The molecule has 0 aliphatic carbocycles. The molecule has 0 saturated heterocycles. The number of hydrogen-bond donors (Lipinski definition) is 9. The first kappa shape index (κ1) is 28.5. The predicted octanol–water partition coefficient (Wildman–Crippen LogP) is -4.96. The summed E-state index contributed by atoms with van der Waals surface area (Å²) in [6.45, 7) is 0. The molecule has 192 valence electrons. The standard InChI is InChI=1S/C18H26N8O9/c19-8(1-7-5-22-6-23-7)15(31)24-9(2-12(20)27)16(32)25-10(3-13(21)28)17(33)26-11(18(34)35)4-14(29)30/h5-6,8-11H,1-4,19H2,(H2,20,27)(H2,21,28)(H,22,23)(H,24,31)(H,25,32)(H,26,33)(H,29,30)(H,34,35). The second-order valence-electron chi connectivity index (χ2n) is 7.35. The van der Waals surface area contributed by atoms with Gasteiger partial charge in [-0.1, -0.05) is 0 Å². The van der Waals surface area contributed by atoms with Crippen LogP contribution < -0.4 is 33.2 Å². The number of hydrogen-bond acceptors (Lipinski definition) is 9. The van der Waals surface area contributed by atoms with E-state index >= 15 is 0 Å². The Morgan fingerprint density at radius 1 is 0.829 bits per heavy atom. The number of nitrogens with one attached hydrogen (secondary N) is 4. The third-order valence-electron chi connectivity index (χ3n) is 4.40. The van der Waals surface area contributed by atoms with Crippen molar-refractivity contribution >= 4 is 41.5 Å². The van der Waals surface area contributed by atoms with Gasteiger partial charge in [-0.2, -0.15) is 0 Å². The molecule has 1 heterocycles. The average molecular weight is 498 g/mol. The lowest BCUT2D eigenvalue weighted by Gasteiger charge is -2.24. The molecule has 0 aliphatic heterocycles. The third-order valence-corrected chi connectivity index (χ3v) is 4.40. The minimum atomic E-state index is -1.88. The minimum absolute atomic E-state index is 0.00358. The van der Waals surface area contributed by atoms with Crippen molar-refractivity contribution in [2.24, 2.45) is 17.2 Å². The van der Waals surface area contributed by atoms with Crippen molar-refractivity contribution in [3.8, 4) is 0 Å². The van der Waals surface area contributed by atoms with Crippen LogP contribution in [0.15, 0.2) is 12.5 Å². The monoisotopic (exact) mass is 498 g/mol. The third kappa shape index (κ3) is 10.3. The lowest BCUT2D eigenvalue weighted by Crippen LogP contribution is -2.58. The van der Waals surface area contributed by atoms with Crippen molar-refractivity contribution < 1.29 is 43.8 Å². The summed E-state index contributed by atoms with van der Waals surface area (Å²) in [5.74, 6) is -8.55. The zero-order valence-corrected chi connectivity index (χ0v) is 18.2. The Labute approximate surface area is 197 Å². The molecular formula is C18H26N8O9. The molecular weight excluding hydrogens is 472 g/mol.